The molecule has 7 heteroatoms. The second kappa shape index (κ2) is 14.0. The maximum Gasteiger partial charge on any atom is 0.172 e. The molecule has 0 fully saturated rings. The fourth-order valence-corrected chi connectivity index (χ4v) is 8.48. The van der Waals surface area contributed by atoms with Gasteiger partial charge in [-0.05, 0) is 41.0 Å². The van der Waals surface area contributed by atoms with Crippen LogP contribution in [0.2, 0.25) is 0 Å². The number of nitrogens with zero attached hydrogens (tertiary/aromatic N) is 1. The van der Waals surface area contributed by atoms with E-state index in [2.05, 4.69) is 47.4 Å². The van der Waals surface area contributed by atoms with E-state index < -0.39 is 7.14 Å². The summed E-state index contributed by atoms with van der Waals surface area (Å²) in [5, 5.41) is 2.58. The largest absolute Gasteiger partial charge is 0.491 e. The van der Waals surface area contributed by atoms with Crippen molar-refractivity contribution >= 4 is 34.3 Å². The lowest BCUT2D eigenvalue weighted by Crippen LogP contribution is -2.15. The summed E-state index contributed by atoms with van der Waals surface area (Å²) >= 11 is 0. The van der Waals surface area contributed by atoms with E-state index in [-0.39, 0.29) is 0 Å². The first-order valence-corrected chi connectivity index (χ1v) is 15.9. The van der Waals surface area contributed by atoms with Crippen molar-refractivity contribution in [3.05, 3.63) is 120 Å². The lowest BCUT2D eigenvalue weighted by Gasteiger charge is -2.20. The first-order chi connectivity index (χ1) is 20.5. The van der Waals surface area contributed by atoms with Crippen LogP contribution in [0.1, 0.15) is 16.7 Å². The maximum absolute atomic E-state index is 15.4. The molecular formula is C35H38NO5P. The molecule has 0 aliphatic carbocycles. The van der Waals surface area contributed by atoms with Crippen LogP contribution in [0.5, 0.6) is 5.75 Å². The predicted octanol–water partition coefficient (Wildman–Crippen LogP) is 6.06. The SMILES string of the molecule is COCCOCCOCCOc1ccc(C2=C(c3ccc(N(C)C)cc3)P(=O)(c3ccccc3)c3ccccc32)cc1. The van der Waals surface area contributed by atoms with Gasteiger partial charge in [0.05, 0.1) is 33.0 Å². The molecule has 4 aromatic rings. The summed E-state index contributed by atoms with van der Waals surface area (Å²) in [6.07, 6.45) is 0. The summed E-state index contributed by atoms with van der Waals surface area (Å²) in [6.45, 7) is 3.10. The Morgan fingerprint density at radius 2 is 1.24 bits per heavy atom. The van der Waals surface area contributed by atoms with Gasteiger partial charge in [0, 0.05) is 48.4 Å². The van der Waals surface area contributed by atoms with Crippen molar-refractivity contribution in [1.82, 2.24) is 0 Å². The van der Waals surface area contributed by atoms with Gasteiger partial charge in [-0.15, -0.1) is 0 Å². The molecule has 0 aromatic heterocycles. The van der Waals surface area contributed by atoms with E-state index in [9.17, 15) is 0 Å². The molecular weight excluding hydrogens is 545 g/mol. The number of anilines is 1. The number of hydrogen-bond donors (Lipinski definition) is 0. The van der Waals surface area contributed by atoms with Crippen LogP contribution >= 0.6 is 7.14 Å². The van der Waals surface area contributed by atoms with Crippen molar-refractivity contribution in [2.45, 2.75) is 0 Å². The van der Waals surface area contributed by atoms with Crippen molar-refractivity contribution < 1.29 is 23.5 Å². The molecule has 6 nitrogen and oxygen atoms in total. The minimum Gasteiger partial charge on any atom is -0.491 e. The van der Waals surface area contributed by atoms with Crippen LogP contribution in [0.4, 0.5) is 5.69 Å². The van der Waals surface area contributed by atoms with Gasteiger partial charge in [0.2, 0.25) is 0 Å². The van der Waals surface area contributed by atoms with Crippen molar-refractivity contribution in [2.24, 2.45) is 0 Å². The molecule has 42 heavy (non-hydrogen) atoms. The monoisotopic (exact) mass is 583 g/mol. The average molecular weight is 584 g/mol. The van der Waals surface area contributed by atoms with Gasteiger partial charge in [0.1, 0.15) is 12.4 Å². The molecule has 1 atom stereocenters. The molecule has 0 saturated carbocycles. The van der Waals surface area contributed by atoms with Crippen LogP contribution in [0.15, 0.2) is 103 Å². The second-order valence-electron chi connectivity index (χ2n) is 10.2. The van der Waals surface area contributed by atoms with E-state index in [0.29, 0.717) is 39.6 Å². The van der Waals surface area contributed by atoms with Gasteiger partial charge in [0.25, 0.3) is 0 Å². The van der Waals surface area contributed by atoms with Gasteiger partial charge in [0.15, 0.2) is 7.14 Å². The van der Waals surface area contributed by atoms with Gasteiger partial charge in [-0.25, -0.2) is 0 Å². The smallest absolute Gasteiger partial charge is 0.172 e. The standard InChI is InChI=1S/C35H38NO5P/c1-36(2)29-17-13-28(14-18-29)35-34(32-11-7-8-12-33(32)42(35,37)31-9-5-4-6-10-31)27-15-19-30(20-16-27)41-26-25-40-24-23-39-22-21-38-3/h4-20H,21-26H2,1-3H3. The molecule has 1 aliphatic rings. The van der Waals surface area contributed by atoms with Crippen molar-refractivity contribution in [2.75, 3.05) is 65.7 Å². The van der Waals surface area contributed by atoms with E-state index >= 15 is 4.57 Å². The summed E-state index contributed by atoms with van der Waals surface area (Å²) in [7, 11) is 2.54. The highest BCUT2D eigenvalue weighted by Gasteiger charge is 2.43. The quantitative estimate of drug-likeness (QED) is 0.133. The molecule has 0 N–H and O–H groups in total. The minimum atomic E-state index is -3.15. The van der Waals surface area contributed by atoms with Crippen LogP contribution in [-0.2, 0) is 18.8 Å². The van der Waals surface area contributed by atoms with E-state index in [0.717, 1.165) is 49.6 Å². The van der Waals surface area contributed by atoms with E-state index in [4.69, 9.17) is 18.9 Å². The number of methoxy groups -OCH3 is 1. The Kier molecular flexibility index (Phi) is 9.93. The maximum atomic E-state index is 15.4. The number of hydrogen-bond acceptors (Lipinski definition) is 6. The zero-order valence-electron chi connectivity index (χ0n) is 24.5. The summed E-state index contributed by atoms with van der Waals surface area (Å²) in [4.78, 5) is 2.07. The number of benzene rings is 4. The van der Waals surface area contributed by atoms with Gasteiger partial charge >= 0.3 is 0 Å². The summed E-state index contributed by atoms with van der Waals surface area (Å²) in [5.74, 6) is 0.758. The first-order valence-electron chi connectivity index (χ1n) is 14.2. The Morgan fingerprint density at radius 3 is 1.90 bits per heavy atom. The van der Waals surface area contributed by atoms with Crippen molar-refractivity contribution in [3.63, 3.8) is 0 Å². The number of fused-ring (bicyclic) bond motifs is 1. The molecule has 5 rings (SSSR count). The van der Waals surface area contributed by atoms with E-state index in [1.165, 1.54) is 0 Å². The molecule has 4 aromatic carbocycles. The zero-order valence-corrected chi connectivity index (χ0v) is 25.4. The molecule has 0 bridgehead atoms. The van der Waals surface area contributed by atoms with Gasteiger partial charge in [-0.2, -0.15) is 0 Å². The van der Waals surface area contributed by atoms with Crippen molar-refractivity contribution in [3.8, 4) is 5.75 Å². The molecule has 218 valence electrons. The Bertz CT molecular complexity index is 1530. The third kappa shape index (κ3) is 6.38. The van der Waals surface area contributed by atoms with Gasteiger partial charge in [-0.3, -0.25) is 0 Å². The van der Waals surface area contributed by atoms with Crippen LogP contribution in [-0.4, -0.2) is 60.8 Å². The first kappa shape index (κ1) is 29.8. The lowest BCUT2D eigenvalue weighted by atomic mass is 9.95. The highest BCUT2D eigenvalue weighted by atomic mass is 31.2. The fourth-order valence-electron chi connectivity index (χ4n) is 5.21. The van der Waals surface area contributed by atoms with E-state index in [1.807, 2.05) is 74.8 Å². The van der Waals surface area contributed by atoms with Crippen LogP contribution in [0.25, 0.3) is 10.9 Å². The summed E-state index contributed by atoms with van der Waals surface area (Å²) < 4.78 is 37.3. The molecule has 1 heterocycles. The normalized spacial score (nSPS) is 16.0. The third-order valence-electron chi connectivity index (χ3n) is 7.28. The number of rotatable bonds is 14. The number of ether oxygens (including phenoxy) is 4. The van der Waals surface area contributed by atoms with Crippen molar-refractivity contribution in [1.29, 1.82) is 0 Å². The zero-order chi connectivity index (χ0) is 29.4. The van der Waals surface area contributed by atoms with Gasteiger partial charge < -0.3 is 28.4 Å². The molecule has 0 saturated heterocycles. The Morgan fingerprint density at radius 1 is 0.643 bits per heavy atom. The van der Waals surface area contributed by atoms with Crippen LogP contribution in [0.3, 0.4) is 0 Å². The fraction of sp³-hybridized carbons (Fsp3) is 0.257. The molecule has 1 unspecified atom stereocenters. The third-order valence-corrected chi connectivity index (χ3v) is 10.5. The lowest BCUT2D eigenvalue weighted by molar-refractivity contribution is 0.0180. The summed E-state index contributed by atoms with van der Waals surface area (Å²) in [5.41, 5.74) is 5.06. The molecule has 0 radical (unpaired) electrons. The van der Waals surface area contributed by atoms with Crippen LogP contribution in [0, 0.1) is 0 Å². The van der Waals surface area contributed by atoms with E-state index in [1.54, 1.807) is 7.11 Å². The average Bonchev–Trinajstić information content (AvgIpc) is 3.30. The highest BCUT2D eigenvalue weighted by Crippen LogP contribution is 2.65. The Hall–Kier alpha value is -3.67. The molecule has 1 aliphatic heterocycles. The Labute approximate surface area is 248 Å². The molecule has 0 spiro atoms. The van der Waals surface area contributed by atoms with Gasteiger partial charge in [-0.1, -0.05) is 78.9 Å². The predicted molar refractivity (Wildman–Crippen MR) is 172 cm³/mol. The highest BCUT2D eigenvalue weighted by molar-refractivity contribution is 7.88. The second-order valence-corrected chi connectivity index (χ2v) is 12.9. The van der Waals surface area contributed by atoms with Crippen LogP contribution < -0.4 is 20.2 Å². The topological polar surface area (TPSA) is 57.2 Å². The Balaban J connectivity index is 1.44. The molecule has 0 amide bonds. The minimum absolute atomic E-state index is 0.440. The summed E-state index contributed by atoms with van der Waals surface area (Å²) in [6, 6.07) is 34.4.